The van der Waals surface area contributed by atoms with Gasteiger partial charge in [-0.05, 0) is 138 Å². The molecule has 0 heterocycles. The highest BCUT2D eigenvalue weighted by Crippen LogP contribution is 2.54. The third-order valence-corrected chi connectivity index (χ3v) is 10.6. The maximum atomic E-state index is 2.64. The zero-order chi connectivity index (χ0) is 29.1. The molecule has 214 valence electrons. The monoisotopic (exact) mass is 559 g/mol. The molecule has 3 aliphatic rings. The molecule has 0 bridgehead atoms. The molecule has 43 heavy (non-hydrogen) atoms. The quantitative estimate of drug-likeness (QED) is 0.212. The maximum absolute atomic E-state index is 2.64. The van der Waals surface area contributed by atoms with E-state index in [2.05, 4.69) is 123 Å². The average Bonchev–Trinajstić information content (AvgIpc) is 3.27. The van der Waals surface area contributed by atoms with Gasteiger partial charge >= 0.3 is 0 Å². The van der Waals surface area contributed by atoms with Crippen LogP contribution in [0.3, 0.4) is 0 Å². The number of rotatable bonds is 4. The molecule has 5 aromatic rings. The van der Waals surface area contributed by atoms with Crippen molar-refractivity contribution < 1.29 is 0 Å². The van der Waals surface area contributed by atoms with Gasteiger partial charge < -0.3 is 4.90 Å². The molecule has 8 rings (SSSR count). The normalized spacial score (nSPS) is 16.2. The molecule has 0 saturated carbocycles. The molecule has 0 aromatic heterocycles. The predicted molar refractivity (Wildman–Crippen MR) is 182 cm³/mol. The lowest BCUT2D eigenvalue weighted by Crippen LogP contribution is -2.20. The first-order chi connectivity index (χ1) is 21.0. The second kappa shape index (κ2) is 10.3. The predicted octanol–water partition coefficient (Wildman–Crippen LogP) is 11.2. The summed E-state index contributed by atoms with van der Waals surface area (Å²) in [6.07, 6.45) is 9.78. The summed E-state index contributed by atoms with van der Waals surface area (Å²) in [4.78, 5) is 2.64. The molecule has 0 radical (unpaired) electrons. The third kappa shape index (κ3) is 4.20. The summed E-state index contributed by atoms with van der Waals surface area (Å²) in [6, 6.07) is 37.2. The summed E-state index contributed by atoms with van der Waals surface area (Å²) >= 11 is 0. The van der Waals surface area contributed by atoms with Gasteiger partial charge in [-0.2, -0.15) is 0 Å². The van der Waals surface area contributed by atoms with Gasteiger partial charge in [-0.1, -0.05) is 86.6 Å². The fourth-order valence-electron chi connectivity index (χ4n) is 8.37. The van der Waals surface area contributed by atoms with Crippen molar-refractivity contribution in [1.82, 2.24) is 0 Å². The number of hydrogen-bond donors (Lipinski definition) is 0. The van der Waals surface area contributed by atoms with Gasteiger partial charge in [0.2, 0.25) is 0 Å². The third-order valence-electron chi connectivity index (χ3n) is 10.6. The van der Waals surface area contributed by atoms with Gasteiger partial charge in [0.1, 0.15) is 0 Å². The molecule has 0 unspecified atom stereocenters. The molecule has 0 N–H and O–H groups in total. The van der Waals surface area contributed by atoms with Crippen molar-refractivity contribution in [3.8, 4) is 22.3 Å². The molecule has 0 saturated heterocycles. The first-order valence-corrected chi connectivity index (χ1v) is 16.4. The zero-order valence-corrected chi connectivity index (χ0v) is 25.8. The van der Waals surface area contributed by atoms with E-state index >= 15 is 0 Å². The van der Waals surface area contributed by atoms with Crippen LogP contribution in [0.15, 0.2) is 97.1 Å². The van der Waals surface area contributed by atoms with E-state index in [0.717, 1.165) is 12.8 Å². The number of anilines is 3. The van der Waals surface area contributed by atoms with Gasteiger partial charge in [0.25, 0.3) is 0 Å². The van der Waals surface area contributed by atoms with Crippen molar-refractivity contribution in [2.24, 2.45) is 0 Å². The van der Waals surface area contributed by atoms with E-state index in [9.17, 15) is 0 Å². The summed E-state index contributed by atoms with van der Waals surface area (Å²) < 4.78 is 0. The van der Waals surface area contributed by atoms with Crippen molar-refractivity contribution >= 4 is 17.1 Å². The minimum atomic E-state index is -0.0666. The molecule has 0 aliphatic heterocycles. The molecule has 5 aromatic carbocycles. The van der Waals surface area contributed by atoms with E-state index in [1.54, 1.807) is 11.1 Å². The summed E-state index contributed by atoms with van der Waals surface area (Å²) in [5.41, 5.74) is 19.8. The van der Waals surface area contributed by atoms with Crippen molar-refractivity contribution in [1.29, 1.82) is 0 Å². The lowest BCUT2D eigenvalue weighted by molar-refractivity contribution is 0.660. The smallest absolute Gasteiger partial charge is 0.0543 e. The number of fused-ring (bicyclic) bond motifs is 5. The minimum Gasteiger partial charge on any atom is -0.309 e. The Morgan fingerprint density at radius 1 is 0.535 bits per heavy atom. The molecular formula is C42H41N. The summed E-state index contributed by atoms with van der Waals surface area (Å²) in [5, 5.41) is 0. The second-order valence-corrected chi connectivity index (χ2v) is 13.5. The van der Waals surface area contributed by atoms with Gasteiger partial charge in [0.15, 0.2) is 0 Å². The number of benzene rings is 5. The fraction of sp³-hybridized carbons (Fsp3) is 0.286. The Morgan fingerprint density at radius 2 is 1.21 bits per heavy atom. The summed E-state index contributed by atoms with van der Waals surface area (Å²) in [6.45, 7) is 7.14. The zero-order valence-electron chi connectivity index (χ0n) is 25.8. The van der Waals surface area contributed by atoms with Crippen LogP contribution < -0.4 is 4.90 Å². The molecule has 1 nitrogen and oxygen atoms in total. The van der Waals surface area contributed by atoms with E-state index in [1.807, 2.05) is 0 Å². The minimum absolute atomic E-state index is 0.0666. The molecule has 0 amide bonds. The molecule has 1 heteroatoms. The summed E-state index contributed by atoms with van der Waals surface area (Å²) in [7, 11) is 0. The summed E-state index contributed by atoms with van der Waals surface area (Å²) in [5.74, 6) is 0. The lowest BCUT2D eigenvalue weighted by Gasteiger charge is -2.35. The van der Waals surface area contributed by atoms with E-state index in [-0.39, 0.29) is 5.41 Å². The van der Waals surface area contributed by atoms with Crippen molar-refractivity contribution in [3.63, 3.8) is 0 Å². The number of nitrogens with zero attached hydrogens (tertiary/aromatic N) is 1. The topological polar surface area (TPSA) is 3.24 Å². The van der Waals surface area contributed by atoms with Crippen molar-refractivity contribution in [3.05, 3.63) is 136 Å². The van der Waals surface area contributed by atoms with Crippen molar-refractivity contribution in [2.45, 2.75) is 77.6 Å². The van der Waals surface area contributed by atoms with Crippen molar-refractivity contribution in [2.75, 3.05) is 4.90 Å². The highest BCUT2D eigenvalue weighted by molar-refractivity contribution is 5.96. The molecule has 0 spiro atoms. The fourth-order valence-corrected chi connectivity index (χ4v) is 8.37. The Balaban J connectivity index is 1.48. The van der Waals surface area contributed by atoms with Gasteiger partial charge in [0.05, 0.1) is 11.4 Å². The first kappa shape index (κ1) is 26.5. The largest absolute Gasteiger partial charge is 0.309 e. The first-order valence-electron chi connectivity index (χ1n) is 16.4. The van der Waals surface area contributed by atoms with E-state index in [1.165, 1.54) is 106 Å². The van der Waals surface area contributed by atoms with Crippen LogP contribution in [0.2, 0.25) is 0 Å². The van der Waals surface area contributed by atoms with Crippen LogP contribution in [0.5, 0.6) is 0 Å². The standard InChI is InChI=1S/C42H41N/c1-28-24-25-30-15-8-10-20-33(30)41(28)43(31-17-5-4-6-18-31)40-27-39-36(35-21-11-12-23-38(35)42(39,2)3)26-37(40)34-22-13-16-29-14-7-9-19-32(29)34/h4-6,11-13,16-18,21-27H,7-10,14-15,19-20H2,1-3H3. The van der Waals surface area contributed by atoms with Crippen LogP contribution in [0, 0.1) is 6.92 Å². The van der Waals surface area contributed by atoms with Gasteiger partial charge in [-0.3, -0.25) is 0 Å². The Bertz CT molecular complexity index is 1860. The number of para-hydroxylation sites is 1. The maximum Gasteiger partial charge on any atom is 0.0543 e. The highest BCUT2D eigenvalue weighted by atomic mass is 15.2. The molecule has 0 fully saturated rings. The van der Waals surface area contributed by atoms with Gasteiger partial charge in [0, 0.05) is 16.7 Å². The Hall–Kier alpha value is -4.10. The van der Waals surface area contributed by atoms with Crippen LogP contribution in [0.1, 0.15) is 78.5 Å². The number of aryl methyl sites for hydroxylation is 3. The van der Waals surface area contributed by atoms with Crippen LogP contribution >= 0.6 is 0 Å². The van der Waals surface area contributed by atoms with Gasteiger partial charge in [-0.15, -0.1) is 0 Å². The SMILES string of the molecule is Cc1ccc2c(c1N(c1ccccc1)c1cc3c(cc1-c1cccc4c1CCCC4)-c1ccccc1C3(C)C)CCCC2. The molecular weight excluding hydrogens is 518 g/mol. The Morgan fingerprint density at radius 3 is 2.02 bits per heavy atom. The van der Waals surface area contributed by atoms with Crippen LogP contribution in [-0.4, -0.2) is 0 Å². The van der Waals surface area contributed by atoms with Crippen LogP contribution in [0.25, 0.3) is 22.3 Å². The molecule has 0 atom stereocenters. The van der Waals surface area contributed by atoms with Gasteiger partial charge in [-0.25, -0.2) is 0 Å². The molecule has 3 aliphatic carbocycles. The Labute approximate surface area is 257 Å². The second-order valence-electron chi connectivity index (χ2n) is 13.5. The van der Waals surface area contributed by atoms with E-state index in [0.29, 0.717) is 0 Å². The average molecular weight is 560 g/mol. The lowest BCUT2D eigenvalue weighted by atomic mass is 9.80. The van der Waals surface area contributed by atoms with Crippen LogP contribution in [-0.2, 0) is 31.1 Å². The Kier molecular flexibility index (Phi) is 6.33. The highest BCUT2D eigenvalue weighted by Gasteiger charge is 2.37. The van der Waals surface area contributed by atoms with E-state index in [4.69, 9.17) is 0 Å². The van der Waals surface area contributed by atoms with E-state index < -0.39 is 0 Å². The number of hydrogen-bond acceptors (Lipinski definition) is 1. The van der Waals surface area contributed by atoms with Crippen LogP contribution in [0.4, 0.5) is 17.1 Å².